The molecule has 18 heavy (non-hydrogen) atoms. The van der Waals surface area contributed by atoms with Crippen LogP contribution >= 0.6 is 0 Å². The van der Waals surface area contributed by atoms with Gasteiger partial charge in [0.2, 0.25) is 5.91 Å². The molecule has 1 aliphatic rings. The molecule has 1 amide bonds. The number of piperidine rings is 1. The van der Waals surface area contributed by atoms with Crippen molar-refractivity contribution in [3.8, 4) is 0 Å². The molecule has 0 aliphatic carbocycles. The van der Waals surface area contributed by atoms with Crippen molar-refractivity contribution in [1.29, 1.82) is 0 Å². The molecule has 1 atom stereocenters. The van der Waals surface area contributed by atoms with Crippen molar-refractivity contribution >= 4 is 5.91 Å². The summed E-state index contributed by atoms with van der Waals surface area (Å²) in [5.74, 6) is 0.121. The fraction of sp³-hybridized carbons (Fsp3) is 0.929. The van der Waals surface area contributed by atoms with E-state index in [1.807, 2.05) is 0 Å². The van der Waals surface area contributed by atoms with Crippen LogP contribution in [0.15, 0.2) is 0 Å². The Morgan fingerprint density at radius 3 is 2.67 bits per heavy atom. The standard InChI is InChI=1S/C14H28N2O2/c1-3-4-5-6-12(2)15-14(18)11-16-9-7-13(17)8-10-16/h12-13,17H,3-11H2,1-2H3,(H,15,18). The van der Waals surface area contributed by atoms with E-state index in [2.05, 4.69) is 24.1 Å². The average Bonchev–Trinajstić information content (AvgIpc) is 2.32. The van der Waals surface area contributed by atoms with Gasteiger partial charge in [0.05, 0.1) is 12.6 Å². The highest BCUT2D eigenvalue weighted by atomic mass is 16.3. The van der Waals surface area contributed by atoms with Gasteiger partial charge in [-0.25, -0.2) is 0 Å². The number of rotatable bonds is 7. The largest absolute Gasteiger partial charge is 0.393 e. The van der Waals surface area contributed by atoms with E-state index in [0.29, 0.717) is 6.54 Å². The number of carbonyl (C=O) groups excluding carboxylic acids is 1. The van der Waals surface area contributed by atoms with Gasteiger partial charge in [0.1, 0.15) is 0 Å². The van der Waals surface area contributed by atoms with Crippen LogP contribution in [0.1, 0.15) is 52.4 Å². The van der Waals surface area contributed by atoms with Crippen molar-refractivity contribution in [3.63, 3.8) is 0 Å². The third-order valence-electron chi connectivity index (χ3n) is 3.57. The lowest BCUT2D eigenvalue weighted by molar-refractivity contribution is -0.123. The summed E-state index contributed by atoms with van der Waals surface area (Å²) in [6.07, 6.45) is 6.13. The van der Waals surface area contributed by atoms with Gasteiger partial charge in [0.25, 0.3) is 0 Å². The van der Waals surface area contributed by atoms with Crippen LogP contribution in [0.2, 0.25) is 0 Å². The van der Waals surface area contributed by atoms with Gasteiger partial charge < -0.3 is 10.4 Å². The SMILES string of the molecule is CCCCCC(C)NC(=O)CN1CCC(O)CC1. The van der Waals surface area contributed by atoms with Gasteiger partial charge in [-0.15, -0.1) is 0 Å². The molecule has 1 heterocycles. The molecule has 4 nitrogen and oxygen atoms in total. The van der Waals surface area contributed by atoms with Crippen LogP contribution in [0.5, 0.6) is 0 Å². The molecule has 0 bridgehead atoms. The Hall–Kier alpha value is -0.610. The zero-order chi connectivity index (χ0) is 13.4. The molecule has 1 saturated heterocycles. The van der Waals surface area contributed by atoms with E-state index in [1.165, 1.54) is 19.3 Å². The van der Waals surface area contributed by atoms with Crippen LogP contribution < -0.4 is 5.32 Å². The van der Waals surface area contributed by atoms with Crippen molar-refractivity contribution in [2.24, 2.45) is 0 Å². The Morgan fingerprint density at radius 2 is 2.06 bits per heavy atom. The molecular weight excluding hydrogens is 228 g/mol. The number of aliphatic hydroxyl groups is 1. The smallest absolute Gasteiger partial charge is 0.234 e. The van der Waals surface area contributed by atoms with Gasteiger partial charge >= 0.3 is 0 Å². The molecule has 0 aromatic heterocycles. The highest BCUT2D eigenvalue weighted by Crippen LogP contribution is 2.09. The minimum Gasteiger partial charge on any atom is -0.393 e. The maximum Gasteiger partial charge on any atom is 0.234 e. The summed E-state index contributed by atoms with van der Waals surface area (Å²) >= 11 is 0. The molecule has 0 spiro atoms. The Kier molecular flexibility index (Phi) is 7.28. The quantitative estimate of drug-likeness (QED) is 0.679. The van der Waals surface area contributed by atoms with Gasteiger partial charge in [0.15, 0.2) is 0 Å². The van der Waals surface area contributed by atoms with Crippen LogP contribution in [0.25, 0.3) is 0 Å². The van der Waals surface area contributed by atoms with Crippen LogP contribution in [0.4, 0.5) is 0 Å². The minimum absolute atomic E-state index is 0.121. The summed E-state index contributed by atoms with van der Waals surface area (Å²) in [6, 6.07) is 0.277. The average molecular weight is 256 g/mol. The van der Waals surface area contributed by atoms with Crippen molar-refractivity contribution in [2.45, 2.75) is 64.5 Å². The van der Waals surface area contributed by atoms with Gasteiger partial charge in [0, 0.05) is 19.1 Å². The van der Waals surface area contributed by atoms with Crippen LogP contribution in [-0.4, -0.2) is 47.7 Å². The van der Waals surface area contributed by atoms with Crippen molar-refractivity contribution in [2.75, 3.05) is 19.6 Å². The fourth-order valence-corrected chi connectivity index (χ4v) is 2.37. The van der Waals surface area contributed by atoms with Gasteiger partial charge in [-0.2, -0.15) is 0 Å². The number of amides is 1. The molecular formula is C14H28N2O2. The summed E-state index contributed by atoms with van der Waals surface area (Å²) in [4.78, 5) is 13.9. The first kappa shape index (κ1) is 15.4. The molecule has 0 aromatic rings. The first-order valence-corrected chi connectivity index (χ1v) is 7.31. The molecule has 0 saturated carbocycles. The number of unbranched alkanes of at least 4 members (excludes halogenated alkanes) is 2. The predicted molar refractivity (Wildman–Crippen MR) is 73.4 cm³/mol. The molecule has 0 aromatic carbocycles. The second-order valence-electron chi connectivity index (χ2n) is 5.47. The zero-order valence-corrected chi connectivity index (χ0v) is 11.8. The number of carbonyl (C=O) groups is 1. The van der Waals surface area contributed by atoms with E-state index < -0.39 is 0 Å². The molecule has 2 N–H and O–H groups in total. The van der Waals surface area contributed by atoms with Crippen molar-refractivity contribution < 1.29 is 9.90 Å². The highest BCUT2D eigenvalue weighted by molar-refractivity contribution is 5.78. The van der Waals surface area contributed by atoms with Gasteiger partial charge in [-0.1, -0.05) is 26.2 Å². The summed E-state index contributed by atoms with van der Waals surface area (Å²) in [7, 11) is 0. The molecule has 4 heteroatoms. The number of likely N-dealkylation sites (tertiary alicyclic amines) is 1. The first-order valence-electron chi connectivity index (χ1n) is 7.31. The van der Waals surface area contributed by atoms with Gasteiger partial charge in [-0.3, -0.25) is 9.69 Å². The molecule has 1 fully saturated rings. The lowest BCUT2D eigenvalue weighted by atomic mass is 10.1. The normalized spacial score (nSPS) is 19.7. The number of hydrogen-bond acceptors (Lipinski definition) is 3. The molecule has 1 unspecified atom stereocenters. The van der Waals surface area contributed by atoms with Crippen LogP contribution in [0, 0.1) is 0 Å². The lowest BCUT2D eigenvalue weighted by Gasteiger charge is -2.29. The van der Waals surface area contributed by atoms with E-state index in [4.69, 9.17) is 0 Å². The second kappa shape index (κ2) is 8.48. The van der Waals surface area contributed by atoms with Crippen molar-refractivity contribution in [1.82, 2.24) is 10.2 Å². The van der Waals surface area contributed by atoms with E-state index in [-0.39, 0.29) is 18.1 Å². The molecule has 106 valence electrons. The summed E-state index contributed by atoms with van der Waals surface area (Å²) in [6.45, 7) is 6.41. The third kappa shape index (κ3) is 6.36. The third-order valence-corrected chi connectivity index (χ3v) is 3.57. The minimum atomic E-state index is -0.169. The second-order valence-corrected chi connectivity index (χ2v) is 5.47. The number of aliphatic hydroxyl groups excluding tert-OH is 1. The topological polar surface area (TPSA) is 52.6 Å². The number of hydrogen-bond donors (Lipinski definition) is 2. The number of nitrogens with one attached hydrogen (secondary N) is 1. The Bertz CT molecular complexity index is 238. The van der Waals surface area contributed by atoms with Gasteiger partial charge in [-0.05, 0) is 26.2 Å². The maximum atomic E-state index is 11.8. The maximum absolute atomic E-state index is 11.8. The van der Waals surface area contributed by atoms with Crippen LogP contribution in [0.3, 0.4) is 0 Å². The van der Waals surface area contributed by atoms with E-state index in [1.54, 1.807) is 0 Å². The lowest BCUT2D eigenvalue weighted by Crippen LogP contribution is -2.44. The Morgan fingerprint density at radius 1 is 1.39 bits per heavy atom. The summed E-state index contributed by atoms with van der Waals surface area (Å²) in [5.41, 5.74) is 0. The summed E-state index contributed by atoms with van der Waals surface area (Å²) < 4.78 is 0. The first-order chi connectivity index (χ1) is 8.61. The fourth-order valence-electron chi connectivity index (χ4n) is 2.37. The van der Waals surface area contributed by atoms with E-state index in [9.17, 15) is 9.90 Å². The highest BCUT2D eigenvalue weighted by Gasteiger charge is 2.19. The zero-order valence-electron chi connectivity index (χ0n) is 11.8. The van der Waals surface area contributed by atoms with E-state index >= 15 is 0 Å². The molecule has 0 radical (unpaired) electrons. The van der Waals surface area contributed by atoms with E-state index in [0.717, 1.165) is 32.4 Å². The number of nitrogens with zero attached hydrogens (tertiary/aromatic N) is 1. The van der Waals surface area contributed by atoms with Crippen molar-refractivity contribution in [3.05, 3.63) is 0 Å². The molecule has 1 aliphatic heterocycles. The predicted octanol–water partition coefficient (Wildman–Crippen LogP) is 1.53. The van der Waals surface area contributed by atoms with Crippen LogP contribution in [-0.2, 0) is 4.79 Å². The summed E-state index contributed by atoms with van der Waals surface area (Å²) in [5, 5.41) is 12.5. The monoisotopic (exact) mass is 256 g/mol. The Labute approximate surface area is 111 Å². The Balaban J connectivity index is 2.12. The molecule has 1 rings (SSSR count).